The number of hydrogen-bond acceptors (Lipinski definition) is 4. The summed E-state index contributed by atoms with van der Waals surface area (Å²) in [6.45, 7) is 5.77. The van der Waals surface area contributed by atoms with Crippen molar-refractivity contribution in [2.24, 2.45) is 4.99 Å². The molecule has 0 saturated carbocycles. The Balaban J connectivity index is 0.00000338. The van der Waals surface area contributed by atoms with Crippen LogP contribution in [0.3, 0.4) is 0 Å². The molecule has 8 heteroatoms. The molecule has 0 aliphatic rings. The van der Waals surface area contributed by atoms with Crippen molar-refractivity contribution in [3.05, 3.63) is 51.7 Å². The van der Waals surface area contributed by atoms with Gasteiger partial charge in [-0.25, -0.2) is 9.37 Å². The molecule has 0 saturated heterocycles. The van der Waals surface area contributed by atoms with Crippen LogP contribution in [0.25, 0.3) is 0 Å². The van der Waals surface area contributed by atoms with Gasteiger partial charge >= 0.3 is 0 Å². The number of benzene rings is 1. The maximum Gasteiger partial charge on any atom is 0.191 e. The van der Waals surface area contributed by atoms with E-state index >= 15 is 0 Å². The number of rotatable bonds is 8. The highest BCUT2D eigenvalue weighted by Gasteiger charge is 2.08. The van der Waals surface area contributed by atoms with Gasteiger partial charge in [0.05, 0.1) is 17.7 Å². The van der Waals surface area contributed by atoms with Crippen molar-refractivity contribution in [3.63, 3.8) is 0 Å². The lowest BCUT2D eigenvalue weighted by Crippen LogP contribution is -2.38. The lowest BCUT2D eigenvalue weighted by molar-refractivity contribution is 0.187. The van der Waals surface area contributed by atoms with E-state index in [9.17, 15) is 9.50 Å². The van der Waals surface area contributed by atoms with E-state index in [-0.39, 0.29) is 36.3 Å². The predicted molar refractivity (Wildman–Crippen MR) is 116 cm³/mol. The summed E-state index contributed by atoms with van der Waals surface area (Å²) < 4.78 is 12.9. The van der Waals surface area contributed by atoms with Crippen LogP contribution in [-0.4, -0.2) is 35.7 Å². The first kappa shape index (κ1) is 22.8. The molecule has 2 rings (SSSR count). The van der Waals surface area contributed by atoms with Crippen LogP contribution < -0.4 is 10.6 Å². The van der Waals surface area contributed by atoms with Gasteiger partial charge in [0.1, 0.15) is 5.82 Å². The molecule has 0 radical (unpaired) electrons. The number of hydrogen-bond donors (Lipinski definition) is 3. The average Bonchev–Trinajstić information content (AvgIpc) is 3.08. The predicted octanol–water partition coefficient (Wildman–Crippen LogP) is 3.29. The second-order valence-electron chi connectivity index (χ2n) is 5.54. The van der Waals surface area contributed by atoms with Crippen molar-refractivity contribution in [2.45, 2.75) is 32.8 Å². The van der Waals surface area contributed by atoms with Crippen molar-refractivity contribution >= 4 is 41.3 Å². The standard InChI is InChI=1S/C18H25FN4OS.HI/c1-3-15-11-22-17(25-15)9-10-21-18(20-4-2)23-12-16(24)13-5-7-14(19)8-6-13;/h5-8,11,16,24H,3-4,9-10,12H2,1-2H3,(H2,20,21,23);1H. The topological polar surface area (TPSA) is 69.5 Å². The second-order valence-corrected chi connectivity index (χ2v) is 6.74. The molecule has 1 heterocycles. The van der Waals surface area contributed by atoms with Crippen LogP contribution in [0, 0.1) is 5.82 Å². The van der Waals surface area contributed by atoms with Crippen LogP contribution >= 0.6 is 35.3 Å². The molecule has 5 nitrogen and oxygen atoms in total. The normalized spacial score (nSPS) is 12.4. The number of nitrogens with one attached hydrogen (secondary N) is 2. The second kappa shape index (κ2) is 12.2. The molecule has 3 N–H and O–H groups in total. The van der Waals surface area contributed by atoms with E-state index in [1.54, 1.807) is 23.5 Å². The molecule has 1 unspecified atom stereocenters. The lowest BCUT2D eigenvalue weighted by Gasteiger charge is -2.13. The minimum Gasteiger partial charge on any atom is -0.386 e. The quantitative estimate of drug-likeness (QED) is 0.301. The highest BCUT2D eigenvalue weighted by atomic mass is 127. The third kappa shape index (κ3) is 7.55. The first-order valence-corrected chi connectivity index (χ1v) is 9.33. The summed E-state index contributed by atoms with van der Waals surface area (Å²) in [5.74, 6) is 0.332. The summed E-state index contributed by atoms with van der Waals surface area (Å²) in [4.78, 5) is 10.1. The van der Waals surface area contributed by atoms with Crippen molar-refractivity contribution in [1.82, 2.24) is 15.6 Å². The fraction of sp³-hybridized carbons (Fsp3) is 0.444. The zero-order valence-corrected chi connectivity index (χ0v) is 18.2. The van der Waals surface area contributed by atoms with Crippen LogP contribution in [0.4, 0.5) is 4.39 Å². The van der Waals surface area contributed by atoms with E-state index in [4.69, 9.17) is 0 Å². The summed E-state index contributed by atoms with van der Waals surface area (Å²) in [5.41, 5.74) is 0.649. The van der Waals surface area contributed by atoms with Gasteiger partial charge in [-0.3, -0.25) is 4.99 Å². The molecule has 2 aromatic rings. The van der Waals surface area contributed by atoms with Crippen LogP contribution in [0.2, 0.25) is 0 Å². The molecule has 0 amide bonds. The SMILES string of the molecule is CCNC(=NCC(O)c1ccc(F)cc1)NCCc1ncc(CC)s1.I. The number of aliphatic hydroxyl groups is 1. The molecule has 1 atom stereocenters. The summed E-state index contributed by atoms with van der Waals surface area (Å²) in [6, 6.07) is 5.82. The van der Waals surface area contributed by atoms with Gasteiger partial charge in [-0.15, -0.1) is 35.3 Å². The minimum atomic E-state index is -0.762. The van der Waals surface area contributed by atoms with E-state index in [2.05, 4.69) is 27.5 Å². The van der Waals surface area contributed by atoms with Crippen molar-refractivity contribution < 1.29 is 9.50 Å². The summed E-state index contributed by atoms with van der Waals surface area (Å²) >= 11 is 1.73. The number of nitrogens with zero attached hydrogens (tertiary/aromatic N) is 2. The first-order chi connectivity index (χ1) is 12.1. The van der Waals surface area contributed by atoms with E-state index in [1.165, 1.54) is 17.0 Å². The Bertz CT molecular complexity index is 678. The Morgan fingerprint density at radius 3 is 2.62 bits per heavy atom. The number of aliphatic imine (C=N–C) groups is 1. The highest BCUT2D eigenvalue weighted by Crippen LogP contribution is 2.14. The fourth-order valence-corrected chi connectivity index (χ4v) is 3.09. The Morgan fingerprint density at radius 1 is 1.27 bits per heavy atom. The molecule has 1 aromatic heterocycles. The minimum absolute atomic E-state index is 0. The van der Waals surface area contributed by atoms with Crippen molar-refractivity contribution in [2.75, 3.05) is 19.6 Å². The molecule has 0 aliphatic carbocycles. The van der Waals surface area contributed by atoms with Crippen LogP contribution in [0.15, 0.2) is 35.5 Å². The molecule has 1 aromatic carbocycles. The van der Waals surface area contributed by atoms with E-state index in [0.29, 0.717) is 11.5 Å². The molecule has 0 bridgehead atoms. The van der Waals surface area contributed by atoms with Crippen LogP contribution in [0.1, 0.15) is 35.4 Å². The fourth-order valence-electron chi connectivity index (χ4n) is 2.22. The smallest absolute Gasteiger partial charge is 0.191 e. The zero-order valence-electron chi connectivity index (χ0n) is 15.0. The molecular formula is C18H26FIN4OS. The number of guanidine groups is 1. The summed E-state index contributed by atoms with van der Waals surface area (Å²) in [7, 11) is 0. The maximum atomic E-state index is 12.9. The number of aryl methyl sites for hydroxylation is 1. The van der Waals surface area contributed by atoms with Crippen LogP contribution in [0.5, 0.6) is 0 Å². The van der Waals surface area contributed by atoms with Gasteiger partial charge in [0.2, 0.25) is 0 Å². The van der Waals surface area contributed by atoms with Crippen molar-refractivity contribution in [3.8, 4) is 0 Å². The maximum absolute atomic E-state index is 12.9. The van der Waals surface area contributed by atoms with E-state index in [0.717, 1.165) is 30.9 Å². The summed E-state index contributed by atoms with van der Waals surface area (Å²) in [6.07, 6.45) is 3.01. The van der Waals surface area contributed by atoms with Gasteiger partial charge in [-0.1, -0.05) is 19.1 Å². The molecule has 0 spiro atoms. The van der Waals surface area contributed by atoms with Gasteiger partial charge in [0.25, 0.3) is 0 Å². The highest BCUT2D eigenvalue weighted by molar-refractivity contribution is 14.0. The number of aliphatic hydroxyl groups excluding tert-OH is 1. The van der Waals surface area contributed by atoms with E-state index in [1.807, 2.05) is 13.1 Å². The third-order valence-corrected chi connectivity index (χ3v) is 4.80. The molecule has 0 aliphatic heterocycles. The number of aromatic nitrogens is 1. The molecular weight excluding hydrogens is 466 g/mol. The summed E-state index contributed by atoms with van der Waals surface area (Å²) in [5, 5.41) is 17.7. The Labute approximate surface area is 175 Å². The van der Waals surface area contributed by atoms with Gasteiger partial charge in [0, 0.05) is 30.6 Å². The van der Waals surface area contributed by atoms with Gasteiger partial charge < -0.3 is 15.7 Å². The van der Waals surface area contributed by atoms with Gasteiger partial charge in [-0.05, 0) is 31.0 Å². The Hall–Kier alpha value is -1.26. The Kier molecular flexibility index (Phi) is 10.7. The van der Waals surface area contributed by atoms with Gasteiger partial charge in [0.15, 0.2) is 5.96 Å². The number of thiazole rings is 1. The van der Waals surface area contributed by atoms with Gasteiger partial charge in [-0.2, -0.15) is 0 Å². The van der Waals surface area contributed by atoms with Crippen molar-refractivity contribution in [1.29, 1.82) is 0 Å². The Morgan fingerprint density at radius 2 is 2.00 bits per heavy atom. The van der Waals surface area contributed by atoms with Crippen LogP contribution in [-0.2, 0) is 12.8 Å². The monoisotopic (exact) mass is 492 g/mol. The average molecular weight is 492 g/mol. The molecule has 26 heavy (non-hydrogen) atoms. The lowest BCUT2D eigenvalue weighted by atomic mass is 10.1. The molecule has 0 fully saturated rings. The third-order valence-electron chi connectivity index (χ3n) is 3.60. The number of halogens is 2. The zero-order chi connectivity index (χ0) is 18.1. The molecule has 144 valence electrons. The largest absolute Gasteiger partial charge is 0.386 e. The first-order valence-electron chi connectivity index (χ1n) is 8.51. The van der Waals surface area contributed by atoms with E-state index < -0.39 is 6.10 Å².